The largest absolute Gasteiger partial charge is 0.493 e. The molecule has 0 radical (unpaired) electrons. The van der Waals surface area contributed by atoms with Gasteiger partial charge in [-0.25, -0.2) is 0 Å². The van der Waals surface area contributed by atoms with Gasteiger partial charge in [0.05, 0.1) is 13.7 Å². The van der Waals surface area contributed by atoms with E-state index in [2.05, 4.69) is 36.9 Å². The number of rotatable bonds is 5. The molecule has 100 valence electrons. The molecule has 0 aliphatic rings. The predicted molar refractivity (Wildman–Crippen MR) is 75.1 cm³/mol. The first-order valence-corrected chi connectivity index (χ1v) is 6.37. The lowest BCUT2D eigenvalue weighted by Crippen LogP contribution is -2.47. The highest BCUT2D eigenvalue weighted by Gasteiger charge is 2.06. The number of aryl methyl sites for hydroxylation is 1. The van der Waals surface area contributed by atoms with E-state index in [0.717, 1.165) is 29.2 Å². The van der Waals surface area contributed by atoms with Gasteiger partial charge < -0.3 is 15.2 Å². The van der Waals surface area contributed by atoms with Crippen molar-refractivity contribution in [3.63, 3.8) is 0 Å². The quantitative estimate of drug-likeness (QED) is 0.894. The van der Waals surface area contributed by atoms with Crippen molar-refractivity contribution in [2.75, 3.05) is 7.11 Å². The van der Waals surface area contributed by atoms with E-state index in [9.17, 15) is 0 Å². The predicted octanol–water partition coefficient (Wildman–Crippen LogP) is 2.32. The van der Waals surface area contributed by atoms with Crippen LogP contribution in [0.1, 0.15) is 16.7 Å². The molecule has 19 heavy (non-hydrogen) atoms. The first-order valence-electron chi connectivity index (χ1n) is 6.37. The Morgan fingerprint density at radius 1 is 0.947 bits per heavy atom. The molecule has 0 bridgehead atoms. The van der Waals surface area contributed by atoms with Gasteiger partial charge in [-0.15, -0.1) is 0 Å². The molecule has 0 fully saturated rings. The second kappa shape index (κ2) is 6.25. The van der Waals surface area contributed by atoms with Crippen LogP contribution in [0.25, 0.3) is 0 Å². The molecule has 3 N–H and O–H groups in total. The Bertz CT molecular complexity index is 535. The molecule has 0 saturated carbocycles. The van der Waals surface area contributed by atoms with Gasteiger partial charge in [-0.3, -0.25) is 0 Å². The molecule has 3 nitrogen and oxygen atoms in total. The van der Waals surface area contributed by atoms with Crippen LogP contribution < -0.4 is 15.2 Å². The molecule has 2 aromatic rings. The third kappa shape index (κ3) is 3.48. The van der Waals surface area contributed by atoms with Gasteiger partial charge >= 0.3 is 0 Å². The number of quaternary nitrogens is 1. The molecule has 0 aliphatic heterocycles. The van der Waals surface area contributed by atoms with Gasteiger partial charge in [-0.1, -0.05) is 29.8 Å². The summed E-state index contributed by atoms with van der Waals surface area (Å²) < 4.78 is 11.2. The average molecular weight is 258 g/mol. The Labute approximate surface area is 114 Å². The summed E-state index contributed by atoms with van der Waals surface area (Å²) in [6.45, 7) is 3.36. The maximum Gasteiger partial charge on any atom is 0.161 e. The fourth-order valence-corrected chi connectivity index (χ4v) is 1.83. The summed E-state index contributed by atoms with van der Waals surface area (Å²) in [6, 6.07) is 14.2. The van der Waals surface area contributed by atoms with Gasteiger partial charge in [0.1, 0.15) is 6.61 Å². The Hall–Kier alpha value is -2.00. The number of methoxy groups -OCH3 is 1. The van der Waals surface area contributed by atoms with Gasteiger partial charge in [0.25, 0.3) is 0 Å². The van der Waals surface area contributed by atoms with Crippen molar-refractivity contribution in [3.05, 3.63) is 59.2 Å². The highest BCUT2D eigenvalue weighted by molar-refractivity contribution is 5.42. The summed E-state index contributed by atoms with van der Waals surface area (Å²) in [7, 11) is 1.65. The monoisotopic (exact) mass is 258 g/mol. The van der Waals surface area contributed by atoms with Crippen LogP contribution in [0.3, 0.4) is 0 Å². The summed E-state index contributed by atoms with van der Waals surface area (Å²) in [4.78, 5) is 0. The third-order valence-corrected chi connectivity index (χ3v) is 3.03. The van der Waals surface area contributed by atoms with Crippen molar-refractivity contribution < 1.29 is 15.2 Å². The van der Waals surface area contributed by atoms with Crippen LogP contribution in [0.15, 0.2) is 42.5 Å². The zero-order chi connectivity index (χ0) is 13.7. The first kappa shape index (κ1) is 13.4. The zero-order valence-electron chi connectivity index (χ0n) is 11.5. The van der Waals surface area contributed by atoms with E-state index >= 15 is 0 Å². The standard InChI is InChI=1S/C16H19NO2/c1-12-3-5-13(6-4-12)11-19-15-8-7-14(10-17)9-16(15)18-2/h3-9H,10-11,17H2,1-2H3/p+1. The summed E-state index contributed by atoms with van der Waals surface area (Å²) in [6.07, 6.45) is 0. The van der Waals surface area contributed by atoms with E-state index in [-0.39, 0.29) is 0 Å². The number of benzene rings is 2. The smallest absolute Gasteiger partial charge is 0.161 e. The molecule has 0 amide bonds. The van der Waals surface area contributed by atoms with E-state index < -0.39 is 0 Å². The summed E-state index contributed by atoms with van der Waals surface area (Å²) in [5.41, 5.74) is 7.40. The number of ether oxygens (including phenoxy) is 2. The van der Waals surface area contributed by atoms with Gasteiger partial charge in [0, 0.05) is 5.56 Å². The summed E-state index contributed by atoms with van der Waals surface area (Å²) in [5.74, 6) is 1.52. The van der Waals surface area contributed by atoms with Gasteiger partial charge in [0.15, 0.2) is 11.5 Å². The molecule has 0 aliphatic carbocycles. The van der Waals surface area contributed by atoms with Crippen LogP contribution in [0.5, 0.6) is 11.5 Å². The van der Waals surface area contributed by atoms with Crippen LogP contribution in [0.4, 0.5) is 0 Å². The fraction of sp³-hybridized carbons (Fsp3) is 0.250. The maximum absolute atomic E-state index is 5.81. The molecule has 0 aromatic heterocycles. The van der Waals surface area contributed by atoms with Crippen LogP contribution in [-0.2, 0) is 13.2 Å². The lowest BCUT2D eigenvalue weighted by molar-refractivity contribution is -0.386. The SMILES string of the molecule is COc1cc(C[NH3+])ccc1OCc1ccc(C)cc1. The minimum absolute atomic E-state index is 0.542. The minimum atomic E-state index is 0.542. The zero-order valence-corrected chi connectivity index (χ0v) is 11.5. The average Bonchev–Trinajstić information content (AvgIpc) is 2.46. The van der Waals surface area contributed by atoms with Crippen molar-refractivity contribution in [3.8, 4) is 11.5 Å². The molecule has 0 saturated heterocycles. The molecule has 2 rings (SSSR count). The lowest BCUT2D eigenvalue weighted by atomic mass is 10.1. The Balaban J connectivity index is 2.08. The molecule has 0 atom stereocenters. The Morgan fingerprint density at radius 3 is 2.26 bits per heavy atom. The van der Waals surface area contributed by atoms with Crippen molar-refractivity contribution in [1.82, 2.24) is 0 Å². The molecule has 0 spiro atoms. The normalized spacial score (nSPS) is 10.3. The van der Waals surface area contributed by atoms with Crippen molar-refractivity contribution in [2.24, 2.45) is 0 Å². The Morgan fingerprint density at radius 2 is 1.63 bits per heavy atom. The second-order valence-corrected chi connectivity index (χ2v) is 4.51. The van der Waals surface area contributed by atoms with Gasteiger partial charge in [0.2, 0.25) is 0 Å². The van der Waals surface area contributed by atoms with E-state index in [1.54, 1.807) is 7.11 Å². The van der Waals surface area contributed by atoms with Gasteiger partial charge in [-0.05, 0) is 30.7 Å². The number of hydrogen-bond acceptors (Lipinski definition) is 2. The summed E-state index contributed by atoms with van der Waals surface area (Å²) in [5, 5.41) is 0. The fourth-order valence-electron chi connectivity index (χ4n) is 1.83. The molecular formula is C16H20NO2+. The van der Waals surface area contributed by atoms with Crippen molar-refractivity contribution >= 4 is 0 Å². The van der Waals surface area contributed by atoms with Crippen molar-refractivity contribution in [2.45, 2.75) is 20.1 Å². The van der Waals surface area contributed by atoms with E-state index in [0.29, 0.717) is 6.61 Å². The van der Waals surface area contributed by atoms with Gasteiger partial charge in [-0.2, -0.15) is 0 Å². The third-order valence-electron chi connectivity index (χ3n) is 3.03. The maximum atomic E-state index is 5.81. The van der Waals surface area contributed by atoms with Crippen LogP contribution in [0, 0.1) is 6.92 Å². The van der Waals surface area contributed by atoms with Crippen LogP contribution >= 0.6 is 0 Å². The van der Waals surface area contributed by atoms with Crippen LogP contribution in [-0.4, -0.2) is 7.11 Å². The van der Waals surface area contributed by atoms with E-state index in [1.165, 1.54) is 5.56 Å². The summed E-state index contributed by atoms with van der Waals surface area (Å²) >= 11 is 0. The highest BCUT2D eigenvalue weighted by Crippen LogP contribution is 2.28. The lowest BCUT2D eigenvalue weighted by Gasteiger charge is -2.11. The molecule has 0 unspecified atom stereocenters. The first-order chi connectivity index (χ1) is 9.22. The molecule has 2 aromatic carbocycles. The second-order valence-electron chi connectivity index (χ2n) is 4.51. The number of hydrogen-bond donors (Lipinski definition) is 1. The minimum Gasteiger partial charge on any atom is -0.493 e. The van der Waals surface area contributed by atoms with Crippen LogP contribution in [0.2, 0.25) is 0 Å². The molecule has 3 heteroatoms. The van der Waals surface area contributed by atoms with E-state index in [4.69, 9.17) is 9.47 Å². The topological polar surface area (TPSA) is 46.1 Å². The Kier molecular flexibility index (Phi) is 4.42. The highest BCUT2D eigenvalue weighted by atomic mass is 16.5. The van der Waals surface area contributed by atoms with E-state index in [1.807, 2.05) is 18.2 Å². The van der Waals surface area contributed by atoms with Crippen molar-refractivity contribution in [1.29, 1.82) is 0 Å². The molecular weight excluding hydrogens is 238 g/mol. The molecule has 0 heterocycles.